The molecule has 0 spiro atoms. The molecule has 2 rings (SSSR count). The van der Waals surface area contributed by atoms with Crippen LogP contribution in [0.25, 0.3) is 0 Å². The first-order valence-corrected chi connectivity index (χ1v) is 5.38. The zero-order valence-electron chi connectivity index (χ0n) is 9.19. The van der Waals surface area contributed by atoms with E-state index in [1.165, 1.54) is 0 Å². The molecule has 0 saturated carbocycles. The van der Waals surface area contributed by atoms with E-state index in [0.717, 1.165) is 4.90 Å². The molecule has 18 heavy (non-hydrogen) atoms. The highest BCUT2D eigenvalue weighted by Crippen LogP contribution is 2.31. The van der Waals surface area contributed by atoms with Crippen molar-refractivity contribution in [3.8, 4) is 0 Å². The Kier molecular flexibility index (Phi) is 3.43. The minimum atomic E-state index is -2.17. The number of anilines is 1. The third-order valence-corrected chi connectivity index (χ3v) is 2.90. The molecule has 1 saturated heterocycles. The van der Waals surface area contributed by atoms with Crippen LogP contribution in [0.1, 0.15) is 12.8 Å². The third-order valence-electron chi connectivity index (χ3n) is 2.90. The Morgan fingerprint density at radius 3 is 1.89 bits per heavy atom. The molecule has 1 N–H and O–H groups in total. The maximum Gasteiger partial charge on any atom is 0.200 e. The van der Waals surface area contributed by atoms with E-state index in [1.54, 1.807) is 0 Å². The zero-order chi connectivity index (χ0) is 13.4. The average Bonchev–Trinajstić information content (AvgIpc) is 2.34. The van der Waals surface area contributed by atoms with Gasteiger partial charge in [-0.15, -0.1) is 0 Å². The molecule has 1 atom stereocenters. The van der Waals surface area contributed by atoms with Crippen molar-refractivity contribution in [1.82, 2.24) is 0 Å². The molecular formula is C11H10F5NO. The maximum absolute atomic E-state index is 13.5. The highest BCUT2D eigenvalue weighted by atomic mass is 19.2. The molecule has 1 heterocycles. The molecule has 2 nitrogen and oxygen atoms in total. The monoisotopic (exact) mass is 267 g/mol. The summed E-state index contributed by atoms with van der Waals surface area (Å²) in [5.41, 5.74) is -0.967. The fourth-order valence-corrected chi connectivity index (χ4v) is 2.03. The molecule has 1 aromatic rings. The molecule has 0 amide bonds. The van der Waals surface area contributed by atoms with Gasteiger partial charge in [-0.25, -0.2) is 22.0 Å². The third kappa shape index (κ3) is 2.03. The summed E-state index contributed by atoms with van der Waals surface area (Å²) in [5.74, 6) is -9.83. The van der Waals surface area contributed by atoms with Gasteiger partial charge in [-0.2, -0.15) is 0 Å². The molecule has 1 fully saturated rings. The van der Waals surface area contributed by atoms with E-state index in [9.17, 15) is 27.1 Å². The van der Waals surface area contributed by atoms with E-state index in [2.05, 4.69) is 0 Å². The summed E-state index contributed by atoms with van der Waals surface area (Å²) in [7, 11) is 0. The predicted octanol–water partition coefficient (Wildman–Crippen LogP) is 2.34. The van der Waals surface area contributed by atoms with Gasteiger partial charge in [0.15, 0.2) is 23.3 Å². The van der Waals surface area contributed by atoms with Crippen molar-refractivity contribution in [2.75, 3.05) is 18.0 Å². The number of aliphatic hydroxyl groups is 1. The molecule has 1 aliphatic heterocycles. The number of rotatable bonds is 1. The largest absolute Gasteiger partial charge is 0.391 e. The van der Waals surface area contributed by atoms with Crippen molar-refractivity contribution in [1.29, 1.82) is 0 Å². The lowest BCUT2D eigenvalue weighted by Gasteiger charge is -2.32. The van der Waals surface area contributed by atoms with Crippen molar-refractivity contribution < 1.29 is 27.1 Å². The Hall–Kier alpha value is -1.37. The first-order valence-electron chi connectivity index (χ1n) is 5.38. The topological polar surface area (TPSA) is 23.5 Å². The summed E-state index contributed by atoms with van der Waals surface area (Å²) in [5, 5.41) is 9.37. The second kappa shape index (κ2) is 4.72. The molecule has 1 aromatic carbocycles. The Morgan fingerprint density at radius 2 is 1.39 bits per heavy atom. The molecule has 7 heteroatoms. The van der Waals surface area contributed by atoms with E-state index in [4.69, 9.17) is 0 Å². The van der Waals surface area contributed by atoms with Gasteiger partial charge < -0.3 is 10.0 Å². The lowest BCUT2D eigenvalue weighted by molar-refractivity contribution is 0.153. The summed E-state index contributed by atoms with van der Waals surface area (Å²) >= 11 is 0. The molecule has 0 aromatic heterocycles. The highest BCUT2D eigenvalue weighted by Gasteiger charge is 2.31. The van der Waals surface area contributed by atoms with Gasteiger partial charge in [0.2, 0.25) is 5.82 Å². The van der Waals surface area contributed by atoms with Crippen molar-refractivity contribution in [3.63, 3.8) is 0 Å². The number of hydrogen-bond acceptors (Lipinski definition) is 2. The van der Waals surface area contributed by atoms with Gasteiger partial charge in [0.1, 0.15) is 5.69 Å². The normalized spacial score (nSPS) is 20.3. The van der Waals surface area contributed by atoms with Crippen LogP contribution in [0, 0.1) is 29.1 Å². The lowest BCUT2D eigenvalue weighted by Crippen LogP contribution is -2.39. The number of nitrogens with zero attached hydrogens (tertiary/aromatic N) is 1. The van der Waals surface area contributed by atoms with Crippen LogP contribution < -0.4 is 4.90 Å². The second-order valence-electron chi connectivity index (χ2n) is 4.16. The predicted molar refractivity (Wildman–Crippen MR) is 53.7 cm³/mol. The number of β-amino-alcohol motifs (C(OH)–C–C–N with tert-alkyl or cyclic N) is 1. The van der Waals surface area contributed by atoms with Crippen LogP contribution in [0.5, 0.6) is 0 Å². The fraction of sp³-hybridized carbons (Fsp3) is 0.455. The van der Waals surface area contributed by atoms with E-state index in [1.807, 2.05) is 0 Å². The smallest absolute Gasteiger partial charge is 0.200 e. The number of benzene rings is 1. The second-order valence-corrected chi connectivity index (χ2v) is 4.16. The molecule has 100 valence electrons. The van der Waals surface area contributed by atoms with Gasteiger partial charge in [0, 0.05) is 13.1 Å². The minimum Gasteiger partial charge on any atom is -0.391 e. The molecule has 0 aliphatic carbocycles. The molecule has 0 bridgehead atoms. The summed E-state index contributed by atoms with van der Waals surface area (Å²) in [6, 6.07) is 0. The number of aliphatic hydroxyl groups excluding tert-OH is 1. The van der Waals surface area contributed by atoms with Gasteiger partial charge in [0.25, 0.3) is 0 Å². The Labute approximate surface area is 99.6 Å². The van der Waals surface area contributed by atoms with Crippen LogP contribution >= 0.6 is 0 Å². The van der Waals surface area contributed by atoms with E-state index >= 15 is 0 Å². The SMILES string of the molecule is O[C@H]1CCCN(c2c(F)c(F)c(F)c(F)c2F)C1. The number of piperidine rings is 1. The summed E-state index contributed by atoms with van der Waals surface area (Å²) in [6.07, 6.45) is 0.0146. The van der Waals surface area contributed by atoms with E-state index in [-0.39, 0.29) is 13.1 Å². The van der Waals surface area contributed by atoms with Crippen molar-refractivity contribution in [2.24, 2.45) is 0 Å². The van der Waals surface area contributed by atoms with Crippen LogP contribution in [0.4, 0.5) is 27.6 Å². The maximum atomic E-state index is 13.5. The Morgan fingerprint density at radius 1 is 0.889 bits per heavy atom. The van der Waals surface area contributed by atoms with Crippen LogP contribution in [-0.4, -0.2) is 24.3 Å². The summed E-state index contributed by atoms with van der Waals surface area (Å²) in [4.78, 5) is 0.977. The van der Waals surface area contributed by atoms with Crippen molar-refractivity contribution >= 4 is 5.69 Å². The first kappa shape index (κ1) is 13.1. The van der Waals surface area contributed by atoms with Crippen molar-refractivity contribution in [3.05, 3.63) is 29.1 Å². The average molecular weight is 267 g/mol. The zero-order valence-corrected chi connectivity index (χ0v) is 9.19. The molecular weight excluding hydrogens is 257 g/mol. The number of halogens is 5. The van der Waals surface area contributed by atoms with Crippen molar-refractivity contribution in [2.45, 2.75) is 18.9 Å². The van der Waals surface area contributed by atoms with Gasteiger partial charge in [-0.3, -0.25) is 0 Å². The van der Waals surface area contributed by atoms with E-state index in [0.29, 0.717) is 12.8 Å². The van der Waals surface area contributed by atoms with Crippen LogP contribution in [0.2, 0.25) is 0 Å². The molecule has 0 unspecified atom stereocenters. The van der Waals surface area contributed by atoms with Gasteiger partial charge in [0.05, 0.1) is 6.10 Å². The lowest BCUT2D eigenvalue weighted by atomic mass is 10.1. The van der Waals surface area contributed by atoms with Gasteiger partial charge >= 0.3 is 0 Å². The first-order chi connectivity index (χ1) is 8.43. The minimum absolute atomic E-state index is 0.134. The Balaban J connectivity index is 2.50. The van der Waals surface area contributed by atoms with Crippen LogP contribution in [0.15, 0.2) is 0 Å². The number of hydrogen-bond donors (Lipinski definition) is 1. The Bertz CT molecular complexity index is 450. The van der Waals surface area contributed by atoms with Crippen LogP contribution in [-0.2, 0) is 0 Å². The summed E-state index contributed by atoms with van der Waals surface area (Å²) in [6.45, 7) is -0.0201. The fourth-order valence-electron chi connectivity index (χ4n) is 2.03. The molecule has 1 aliphatic rings. The van der Waals surface area contributed by atoms with Gasteiger partial charge in [-0.1, -0.05) is 0 Å². The standard InChI is InChI=1S/C11H10F5NO/c12-6-7(13)9(15)11(10(16)8(6)14)17-3-1-2-5(18)4-17/h5,18H,1-4H2/t5-/m0/s1. The molecule has 0 radical (unpaired) electrons. The summed E-state index contributed by atoms with van der Waals surface area (Å²) < 4.78 is 65.8. The van der Waals surface area contributed by atoms with Crippen LogP contribution in [0.3, 0.4) is 0 Å². The quantitative estimate of drug-likeness (QED) is 0.479. The van der Waals surface area contributed by atoms with E-state index < -0.39 is 40.9 Å². The van der Waals surface area contributed by atoms with Gasteiger partial charge in [-0.05, 0) is 12.8 Å². The highest BCUT2D eigenvalue weighted by molar-refractivity contribution is 5.51.